The van der Waals surface area contributed by atoms with E-state index < -0.39 is 0 Å². The Hall–Kier alpha value is -2.31. The quantitative estimate of drug-likeness (QED) is 0.427. The van der Waals surface area contributed by atoms with Crippen LogP contribution in [0.2, 0.25) is 5.02 Å². The molecule has 1 fully saturated rings. The van der Waals surface area contributed by atoms with Crippen LogP contribution < -0.4 is 0 Å². The molecule has 3 aliphatic carbocycles. The highest BCUT2D eigenvalue weighted by atomic mass is 35.5. The van der Waals surface area contributed by atoms with Gasteiger partial charge in [-0.1, -0.05) is 65.7 Å². The lowest BCUT2D eigenvalue weighted by molar-refractivity contribution is 0.829. The third-order valence-corrected chi connectivity index (χ3v) is 7.33. The summed E-state index contributed by atoms with van der Waals surface area (Å²) in [5.41, 5.74) is 9.24. The van der Waals surface area contributed by atoms with Crippen LogP contribution >= 0.6 is 11.6 Å². The van der Waals surface area contributed by atoms with Gasteiger partial charge in [0.1, 0.15) is 0 Å². The molecule has 0 saturated heterocycles. The molecule has 0 amide bonds. The molecule has 28 heavy (non-hydrogen) atoms. The lowest BCUT2D eigenvalue weighted by Gasteiger charge is -2.26. The number of rotatable bonds is 2. The minimum Gasteiger partial charge on any atom is -0.0843 e. The molecular weight excluding hydrogens is 360 g/mol. The van der Waals surface area contributed by atoms with Gasteiger partial charge in [0, 0.05) is 10.4 Å². The fourth-order valence-electron chi connectivity index (χ4n) is 5.37. The van der Waals surface area contributed by atoms with Crippen LogP contribution in [-0.4, -0.2) is 0 Å². The van der Waals surface area contributed by atoms with Gasteiger partial charge in [-0.05, 0) is 95.3 Å². The maximum Gasteiger partial charge on any atom is 0.0406 e. The van der Waals surface area contributed by atoms with Crippen LogP contribution in [0.25, 0.3) is 16.3 Å². The van der Waals surface area contributed by atoms with Crippen molar-refractivity contribution in [3.8, 4) is 0 Å². The number of allylic oxidation sites excluding steroid dienone is 4. The van der Waals surface area contributed by atoms with E-state index in [2.05, 4.69) is 54.6 Å². The minimum absolute atomic E-state index is 0.186. The molecule has 1 saturated carbocycles. The monoisotopic (exact) mass is 382 g/mol. The molecule has 0 aliphatic heterocycles. The van der Waals surface area contributed by atoms with Crippen LogP contribution in [0.3, 0.4) is 0 Å². The number of hydrogen-bond donors (Lipinski definition) is 0. The third-order valence-electron chi connectivity index (χ3n) is 7.08. The molecule has 0 radical (unpaired) electrons. The second-order valence-corrected chi connectivity index (χ2v) is 9.01. The Balaban J connectivity index is 1.51. The molecule has 0 bridgehead atoms. The number of aryl methyl sites for hydroxylation is 1. The zero-order chi connectivity index (χ0) is 18.7. The fraction of sp³-hybridized carbons (Fsp3) is 0.259. The van der Waals surface area contributed by atoms with Crippen molar-refractivity contribution in [2.24, 2.45) is 0 Å². The lowest BCUT2D eigenvalue weighted by atomic mass is 9.78. The molecule has 3 aromatic rings. The van der Waals surface area contributed by atoms with E-state index in [1.807, 2.05) is 12.1 Å². The zero-order valence-corrected chi connectivity index (χ0v) is 16.7. The molecule has 1 heteroatoms. The normalized spacial score (nSPS) is 19.5. The van der Waals surface area contributed by atoms with E-state index in [4.69, 9.17) is 11.6 Å². The molecule has 3 aliphatic rings. The number of halogens is 1. The molecule has 3 aromatic carbocycles. The summed E-state index contributed by atoms with van der Waals surface area (Å²) in [5, 5.41) is 3.65. The fourth-order valence-corrected chi connectivity index (χ4v) is 5.49. The van der Waals surface area contributed by atoms with Crippen molar-refractivity contribution in [1.29, 1.82) is 0 Å². The van der Waals surface area contributed by atoms with Gasteiger partial charge in [0.2, 0.25) is 0 Å². The van der Waals surface area contributed by atoms with E-state index in [-0.39, 0.29) is 5.41 Å². The predicted molar refractivity (Wildman–Crippen MR) is 119 cm³/mol. The zero-order valence-electron chi connectivity index (χ0n) is 16.0. The molecule has 0 unspecified atom stereocenters. The van der Waals surface area contributed by atoms with E-state index in [0.717, 1.165) is 5.02 Å². The van der Waals surface area contributed by atoms with E-state index in [9.17, 15) is 0 Å². The first-order valence-electron chi connectivity index (χ1n) is 10.5. The maximum absolute atomic E-state index is 6.13. The van der Waals surface area contributed by atoms with Crippen LogP contribution in [0.15, 0.2) is 72.3 Å². The Kier molecular flexibility index (Phi) is 3.62. The van der Waals surface area contributed by atoms with Crippen LogP contribution in [0.5, 0.6) is 0 Å². The van der Waals surface area contributed by atoms with Crippen LogP contribution in [0.4, 0.5) is 0 Å². The number of benzene rings is 3. The van der Waals surface area contributed by atoms with Crippen molar-refractivity contribution in [2.45, 2.75) is 43.9 Å². The SMILES string of the molecule is Clc1ccc(C2(c3ccc4ccc5c(c4c3)CCC3=C5C=CCC3)CC2)cc1. The van der Waals surface area contributed by atoms with Gasteiger partial charge in [0.25, 0.3) is 0 Å². The molecule has 0 heterocycles. The summed E-state index contributed by atoms with van der Waals surface area (Å²) in [6.07, 6.45) is 12.0. The first-order chi connectivity index (χ1) is 13.7. The van der Waals surface area contributed by atoms with Gasteiger partial charge in [-0.3, -0.25) is 0 Å². The van der Waals surface area contributed by atoms with Gasteiger partial charge >= 0.3 is 0 Å². The average molecular weight is 383 g/mol. The summed E-state index contributed by atoms with van der Waals surface area (Å²) >= 11 is 6.13. The van der Waals surface area contributed by atoms with E-state index in [1.165, 1.54) is 71.6 Å². The summed E-state index contributed by atoms with van der Waals surface area (Å²) < 4.78 is 0. The van der Waals surface area contributed by atoms with Crippen molar-refractivity contribution >= 4 is 27.9 Å². The van der Waals surface area contributed by atoms with Gasteiger partial charge in [-0.15, -0.1) is 0 Å². The Labute approximate surface area is 171 Å². The van der Waals surface area contributed by atoms with Gasteiger partial charge in [0.15, 0.2) is 0 Å². The molecule has 0 aromatic heterocycles. The van der Waals surface area contributed by atoms with E-state index in [1.54, 1.807) is 11.1 Å². The van der Waals surface area contributed by atoms with Crippen molar-refractivity contribution in [2.75, 3.05) is 0 Å². The summed E-state index contributed by atoms with van der Waals surface area (Å²) in [5.74, 6) is 0. The Morgan fingerprint density at radius 1 is 0.786 bits per heavy atom. The second-order valence-electron chi connectivity index (χ2n) is 8.57. The maximum atomic E-state index is 6.13. The summed E-state index contributed by atoms with van der Waals surface area (Å²) in [4.78, 5) is 0. The van der Waals surface area contributed by atoms with Gasteiger partial charge < -0.3 is 0 Å². The predicted octanol–water partition coefficient (Wildman–Crippen LogP) is 7.62. The number of fused-ring (bicyclic) bond motifs is 4. The molecule has 6 rings (SSSR count). The smallest absolute Gasteiger partial charge is 0.0406 e. The van der Waals surface area contributed by atoms with Gasteiger partial charge in [0.05, 0.1) is 0 Å². The first-order valence-corrected chi connectivity index (χ1v) is 10.8. The summed E-state index contributed by atoms with van der Waals surface area (Å²) in [6, 6.07) is 20.3. The second kappa shape index (κ2) is 6.09. The molecule has 0 atom stereocenters. The van der Waals surface area contributed by atoms with Crippen molar-refractivity contribution in [3.63, 3.8) is 0 Å². The first kappa shape index (κ1) is 16.6. The van der Waals surface area contributed by atoms with Crippen LogP contribution in [-0.2, 0) is 11.8 Å². The Morgan fingerprint density at radius 3 is 2.39 bits per heavy atom. The molecule has 0 spiro atoms. The van der Waals surface area contributed by atoms with Gasteiger partial charge in [-0.25, -0.2) is 0 Å². The van der Waals surface area contributed by atoms with E-state index >= 15 is 0 Å². The Morgan fingerprint density at radius 2 is 1.57 bits per heavy atom. The highest BCUT2D eigenvalue weighted by Gasteiger charge is 2.45. The third kappa shape index (κ3) is 2.44. The molecule has 0 nitrogen and oxygen atoms in total. The highest BCUT2D eigenvalue weighted by Crippen LogP contribution is 2.54. The number of hydrogen-bond acceptors (Lipinski definition) is 0. The largest absolute Gasteiger partial charge is 0.0843 e. The lowest BCUT2D eigenvalue weighted by Crippen LogP contribution is -2.10. The Bertz CT molecular complexity index is 1160. The summed E-state index contributed by atoms with van der Waals surface area (Å²) in [6.45, 7) is 0. The standard InChI is InChI=1S/C27H23Cl/c28-22-11-9-20(10-12-22)27(15-16-27)21-8-5-19-7-13-24-23-4-2-1-3-18(23)6-14-25(24)26(19)17-21/h2,4-5,7-13,17H,1,3,6,14-16H2. The summed E-state index contributed by atoms with van der Waals surface area (Å²) in [7, 11) is 0. The van der Waals surface area contributed by atoms with Crippen molar-refractivity contribution in [3.05, 3.63) is 99.6 Å². The molecule has 0 N–H and O–H groups in total. The van der Waals surface area contributed by atoms with E-state index in [0.29, 0.717) is 0 Å². The minimum atomic E-state index is 0.186. The van der Waals surface area contributed by atoms with Crippen molar-refractivity contribution in [1.82, 2.24) is 0 Å². The topological polar surface area (TPSA) is 0 Å². The van der Waals surface area contributed by atoms with Crippen molar-refractivity contribution < 1.29 is 0 Å². The molecular formula is C27H23Cl. The highest BCUT2D eigenvalue weighted by molar-refractivity contribution is 6.30. The average Bonchev–Trinajstić information content (AvgIpc) is 3.55. The van der Waals surface area contributed by atoms with Crippen LogP contribution in [0, 0.1) is 0 Å². The molecule has 138 valence electrons. The van der Waals surface area contributed by atoms with Crippen LogP contribution in [0.1, 0.15) is 54.4 Å². The van der Waals surface area contributed by atoms with Gasteiger partial charge in [-0.2, -0.15) is 0 Å².